The van der Waals surface area contributed by atoms with Crippen LogP contribution in [0.15, 0.2) is 36.5 Å². The molecule has 1 heterocycles. The van der Waals surface area contributed by atoms with E-state index in [1.54, 1.807) is 6.20 Å². The molecule has 1 amide bonds. The molecule has 0 bridgehead atoms. The van der Waals surface area contributed by atoms with E-state index in [4.69, 9.17) is 5.11 Å². The lowest BCUT2D eigenvalue weighted by atomic mass is 9.81. The van der Waals surface area contributed by atoms with Gasteiger partial charge < -0.3 is 10.4 Å². The number of hydrogen-bond donors (Lipinski definition) is 2. The molecule has 1 aromatic heterocycles. The average molecular weight is 298 g/mol. The number of nitrogens with one attached hydrogen (secondary N) is 1. The van der Waals surface area contributed by atoms with Crippen molar-refractivity contribution in [1.82, 2.24) is 4.98 Å². The summed E-state index contributed by atoms with van der Waals surface area (Å²) in [6.45, 7) is 0. The summed E-state index contributed by atoms with van der Waals surface area (Å²) in [5, 5.41) is 13.0. The van der Waals surface area contributed by atoms with Gasteiger partial charge in [0.15, 0.2) is 0 Å². The predicted octanol–water partition coefficient (Wildman–Crippen LogP) is 3.06. The lowest BCUT2D eigenvalue weighted by Gasteiger charge is -2.25. The minimum absolute atomic E-state index is 0.0951. The lowest BCUT2D eigenvalue weighted by molar-refractivity contribution is -0.143. The van der Waals surface area contributed by atoms with Gasteiger partial charge in [0.05, 0.1) is 17.1 Å². The lowest BCUT2D eigenvalue weighted by Crippen LogP contribution is -2.31. The molecule has 5 heteroatoms. The van der Waals surface area contributed by atoms with E-state index < -0.39 is 11.9 Å². The van der Waals surface area contributed by atoms with E-state index in [1.165, 1.54) is 0 Å². The second-order valence-electron chi connectivity index (χ2n) is 5.76. The minimum Gasteiger partial charge on any atom is -0.481 e. The number of aromatic nitrogens is 1. The fourth-order valence-corrected chi connectivity index (χ4v) is 3.10. The van der Waals surface area contributed by atoms with E-state index in [9.17, 15) is 9.59 Å². The third-order valence-corrected chi connectivity index (χ3v) is 4.30. The summed E-state index contributed by atoms with van der Waals surface area (Å²) >= 11 is 0. The largest absolute Gasteiger partial charge is 0.481 e. The quantitative estimate of drug-likeness (QED) is 0.912. The number of nitrogens with zero attached hydrogens (tertiary/aromatic N) is 1. The number of hydrogen-bond acceptors (Lipinski definition) is 3. The third-order valence-electron chi connectivity index (χ3n) is 4.30. The van der Waals surface area contributed by atoms with E-state index in [1.807, 2.05) is 30.3 Å². The Morgan fingerprint density at radius 2 is 1.95 bits per heavy atom. The summed E-state index contributed by atoms with van der Waals surface area (Å²) in [7, 11) is 0. The Hall–Kier alpha value is -2.43. The highest BCUT2D eigenvalue weighted by Crippen LogP contribution is 2.31. The Bertz CT molecular complexity index is 709. The summed E-state index contributed by atoms with van der Waals surface area (Å²) < 4.78 is 0. The van der Waals surface area contributed by atoms with Gasteiger partial charge in [-0.2, -0.15) is 0 Å². The third kappa shape index (κ3) is 2.93. The molecule has 2 aromatic rings. The first kappa shape index (κ1) is 14.5. The van der Waals surface area contributed by atoms with Crippen molar-refractivity contribution in [3.05, 3.63) is 36.5 Å². The van der Waals surface area contributed by atoms with Crippen molar-refractivity contribution in [1.29, 1.82) is 0 Å². The second kappa shape index (κ2) is 6.13. The normalized spacial score (nSPS) is 21.5. The van der Waals surface area contributed by atoms with Crippen molar-refractivity contribution in [2.24, 2.45) is 11.8 Å². The first-order chi connectivity index (χ1) is 10.6. The fourth-order valence-electron chi connectivity index (χ4n) is 3.10. The van der Waals surface area contributed by atoms with E-state index in [0.29, 0.717) is 12.8 Å². The van der Waals surface area contributed by atoms with E-state index in [0.717, 1.165) is 29.4 Å². The highest BCUT2D eigenvalue weighted by Gasteiger charge is 2.31. The number of carboxylic acid groups (broad SMARTS) is 1. The summed E-state index contributed by atoms with van der Waals surface area (Å²) in [6.07, 6.45) is 4.33. The molecule has 1 saturated carbocycles. The van der Waals surface area contributed by atoms with Crippen molar-refractivity contribution in [2.45, 2.75) is 25.7 Å². The Morgan fingerprint density at radius 3 is 2.77 bits per heavy atom. The number of fused-ring (bicyclic) bond motifs is 1. The number of amides is 1. The van der Waals surface area contributed by atoms with Gasteiger partial charge in [-0.25, -0.2) is 0 Å². The maximum absolute atomic E-state index is 12.5. The summed E-state index contributed by atoms with van der Waals surface area (Å²) in [5.41, 5.74) is 1.56. The Balaban J connectivity index is 1.77. The minimum atomic E-state index is -0.799. The first-order valence-corrected chi connectivity index (χ1v) is 7.52. The molecule has 0 aliphatic heterocycles. The van der Waals surface area contributed by atoms with Gasteiger partial charge in [0, 0.05) is 17.5 Å². The molecule has 1 fully saturated rings. The van der Waals surface area contributed by atoms with Gasteiger partial charge in [-0.15, -0.1) is 0 Å². The van der Waals surface area contributed by atoms with Gasteiger partial charge in [-0.1, -0.05) is 12.5 Å². The molecular weight excluding hydrogens is 280 g/mol. The van der Waals surface area contributed by atoms with Crippen LogP contribution in [-0.4, -0.2) is 22.0 Å². The maximum Gasteiger partial charge on any atom is 0.306 e. The zero-order valence-electron chi connectivity index (χ0n) is 12.2. The van der Waals surface area contributed by atoms with Gasteiger partial charge in [-0.3, -0.25) is 14.6 Å². The molecule has 2 unspecified atom stereocenters. The number of carboxylic acids is 1. The molecule has 5 nitrogen and oxygen atoms in total. The van der Waals surface area contributed by atoms with Crippen molar-refractivity contribution in [3.63, 3.8) is 0 Å². The van der Waals surface area contributed by atoms with Crippen LogP contribution in [0.2, 0.25) is 0 Å². The number of carbonyl (C=O) groups is 2. The number of anilines is 1. The Labute approximate surface area is 128 Å². The highest BCUT2D eigenvalue weighted by molar-refractivity contribution is 6.01. The molecule has 0 saturated heterocycles. The number of benzene rings is 1. The van der Waals surface area contributed by atoms with Crippen molar-refractivity contribution < 1.29 is 14.7 Å². The molecule has 114 valence electrons. The number of rotatable bonds is 3. The zero-order valence-corrected chi connectivity index (χ0v) is 12.2. The van der Waals surface area contributed by atoms with Gasteiger partial charge in [0.2, 0.25) is 5.91 Å². The number of aliphatic carboxylic acids is 1. The molecule has 2 atom stereocenters. The molecule has 0 radical (unpaired) electrons. The van der Waals surface area contributed by atoms with Crippen LogP contribution < -0.4 is 5.32 Å². The first-order valence-electron chi connectivity index (χ1n) is 7.52. The van der Waals surface area contributed by atoms with Crippen LogP contribution in [0.3, 0.4) is 0 Å². The molecule has 1 aliphatic rings. The maximum atomic E-state index is 12.5. The van der Waals surface area contributed by atoms with Crippen LogP contribution in [0.1, 0.15) is 25.7 Å². The predicted molar refractivity (Wildman–Crippen MR) is 83.5 cm³/mol. The standard InChI is InChI=1S/C17H18N2O3/c20-16(11-4-1-5-12(10-11)17(21)22)19-15-8-2-7-14-13(15)6-3-9-18-14/h2-3,6-9,11-12H,1,4-5,10H2,(H,19,20)(H,21,22). The molecule has 0 spiro atoms. The van der Waals surface area contributed by atoms with Gasteiger partial charge in [0.1, 0.15) is 0 Å². The second-order valence-corrected chi connectivity index (χ2v) is 5.76. The smallest absolute Gasteiger partial charge is 0.306 e. The van der Waals surface area contributed by atoms with Crippen LogP contribution in [0.25, 0.3) is 10.9 Å². The summed E-state index contributed by atoms with van der Waals surface area (Å²) in [4.78, 5) is 27.8. The Kier molecular flexibility index (Phi) is 4.04. The van der Waals surface area contributed by atoms with Gasteiger partial charge >= 0.3 is 5.97 Å². The molecule has 22 heavy (non-hydrogen) atoms. The zero-order chi connectivity index (χ0) is 15.5. The molecular formula is C17H18N2O3. The molecule has 1 aliphatic carbocycles. The van der Waals surface area contributed by atoms with E-state index >= 15 is 0 Å². The summed E-state index contributed by atoms with van der Waals surface area (Å²) in [5.74, 6) is -1.53. The number of carbonyl (C=O) groups excluding carboxylic acids is 1. The van der Waals surface area contributed by atoms with Crippen LogP contribution >= 0.6 is 0 Å². The van der Waals surface area contributed by atoms with Crippen molar-refractivity contribution >= 4 is 28.5 Å². The van der Waals surface area contributed by atoms with E-state index in [2.05, 4.69) is 10.3 Å². The van der Waals surface area contributed by atoms with Crippen LogP contribution in [0.4, 0.5) is 5.69 Å². The van der Waals surface area contributed by atoms with E-state index in [-0.39, 0.29) is 11.8 Å². The molecule has 1 aromatic carbocycles. The SMILES string of the molecule is O=C(O)C1CCCC(C(=O)Nc2cccc3ncccc23)C1. The van der Waals surface area contributed by atoms with Crippen molar-refractivity contribution in [3.8, 4) is 0 Å². The van der Waals surface area contributed by atoms with Gasteiger partial charge in [0.25, 0.3) is 0 Å². The fraction of sp³-hybridized carbons (Fsp3) is 0.353. The van der Waals surface area contributed by atoms with Crippen LogP contribution in [0, 0.1) is 11.8 Å². The monoisotopic (exact) mass is 298 g/mol. The molecule has 2 N–H and O–H groups in total. The summed E-state index contributed by atoms with van der Waals surface area (Å²) in [6, 6.07) is 9.34. The Morgan fingerprint density at radius 1 is 1.14 bits per heavy atom. The topological polar surface area (TPSA) is 79.3 Å². The van der Waals surface area contributed by atoms with Crippen LogP contribution in [-0.2, 0) is 9.59 Å². The highest BCUT2D eigenvalue weighted by atomic mass is 16.4. The van der Waals surface area contributed by atoms with Gasteiger partial charge in [-0.05, 0) is 43.5 Å². The van der Waals surface area contributed by atoms with Crippen LogP contribution in [0.5, 0.6) is 0 Å². The average Bonchev–Trinajstić information content (AvgIpc) is 2.55. The molecule has 3 rings (SSSR count). The van der Waals surface area contributed by atoms with Crippen molar-refractivity contribution in [2.75, 3.05) is 5.32 Å². The number of pyridine rings is 1.